The van der Waals surface area contributed by atoms with E-state index in [1.165, 1.54) is 0 Å². The molecular weight excluding hydrogens is 248 g/mol. The molecule has 0 heterocycles. The van der Waals surface area contributed by atoms with Gasteiger partial charge in [0.2, 0.25) is 5.91 Å². The summed E-state index contributed by atoms with van der Waals surface area (Å²) in [5.41, 5.74) is 2.73. The van der Waals surface area contributed by atoms with E-state index in [0.717, 1.165) is 29.9 Å². The Morgan fingerprint density at radius 3 is 2.30 bits per heavy atom. The standard InChI is InChI=1S/C17H20N2O/c1-2-3-13-17(20)19-16-12-8-7-11-15(16)18-14-9-5-4-6-10-14/h4-12,18H,2-3,13H2,1H3,(H,19,20). The maximum absolute atomic E-state index is 11.8. The van der Waals surface area contributed by atoms with Crippen LogP contribution in [0.2, 0.25) is 0 Å². The summed E-state index contributed by atoms with van der Waals surface area (Å²) in [7, 11) is 0. The zero-order chi connectivity index (χ0) is 14.2. The number of unbranched alkanes of at least 4 members (excludes halogenated alkanes) is 1. The van der Waals surface area contributed by atoms with Gasteiger partial charge in [0.1, 0.15) is 0 Å². The first kappa shape index (κ1) is 14.1. The molecule has 2 rings (SSSR count). The molecule has 0 aromatic heterocycles. The van der Waals surface area contributed by atoms with Gasteiger partial charge in [-0.3, -0.25) is 4.79 Å². The fourth-order valence-electron chi connectivity index (χ4n) is 1.93. The maximum atomic E-state index is 11.8. The lowest BCUT2D eigenvalue weighted by atomic mass is 10.2. The SMILES string of the molecule is CCCCC(=O)Nc1ccccc1Nc1ccccc1. The monoisotopic (exact) mass is 268 g/mol. The molecular formula is C17H20N2O. The molecule has 0 aliphatic rings. The number of carbonyl (C=O) groups excluding carboxylic acids is 1. The molecule has 0 radical (unpaired) electrons. The Hall–Kier alpha value is -2.29. The molecule has 0 unspecified atom stereocenters. The average molecular weight is 268 g/mol. The van der Waals surface area contributed by atoms with Crippen LogP contribution in [0.5, 0.6) is 0 Å². The Bertz CT molecular complexity index is 552. The van der Waals surface area contributed by atoms with Crippen LogP contribution < -0.4 is 10.6 Å². The third-order valence-corrected chi connectivity index (χ3v) is 3.01. The molecule has 0 saturated carbocycles. The van der Waals surface area contributed by atoms with Crippen molar-refractivity contribution in [3.05, 3.63) is 54.6 Å². The molecule has 2 aromatic carbocycles. The zero-order valence-corrected chi connectivity index (χ0v) is 11.7. The van der Waals surface area contributed by atoms with Crippen LogP contribution in [-0.4, -0.2) is 5.91 Å². The first-order chi connectivity index (χ1) is 9.79. The lowest BCUT2D eigenvalue weighted by Gasteiger charge is -2.13. The van der Waals surface area contributed by atoms with E-state index < -0.39 is 0 Å². The van der Waals surface area contributed by atoms with Crippen molar-refractivity contribution in [2.75, 3.05) is 10.6 Å². The summed E-state index contributed by atoms with van der Waals surface area (Å²) in [4.78, 5) is 11.8. The number of hydrogen-bond acceptors (Lipinski definition) is 2. The average Bonchev–Trinajstić information content (AvgIpc) is 2.48. The highest BCUT2D eigenvalue weighted by Crippen LogP contribution is 2.25. The molecule has 0 atom stereocenters. The molecule has 3 heteroatoms. The highest BCUT2D eigenvalue weighted by molar-refractivity contribution is 5.94. The minimum atomic E-state index is 0.0640. The van der Waals surface area contributed by atoms with Gasteiger partial charge in [-0.15, -0.1) is 0 Å². The Labute approximate surface area is 120 Å². The number of anilines is 3. The Morgan fingerprint density at radius 1 is 0.950 bits per heavy atom. The van der Waals surface area contributed by atoms with Crippen LogP contribution >= 0.6 is 0 Å². The first-order valence-corrected chi connectivity index (χ1v) is 7.00. The number of amides is 1. The van der Waals surface area contributed by atoms with Crippen molar-refractivity contribution < 1.29 is 4.79 Å². The highest BCUT2D eigenvalue weighted by atomic mass is 16.1. The van der Waals surface area contributed by atoms with E-state index in [9.17, 15) is 4.79 Å². The van der Waals surface area contributed by atoms with E-state index in [2.05, 4.69) is 17.6 Å². The zero-order valence-electron chi connectivity index (χ0n) is 11.7. The lowest BCUT2D eigenvalue weighted by Crippen LogP contribution is -2.12. The quantitative estimate of drug-likeness (QED) is 0.806. The van der Waals surface area contributed by atoms with Gasteiger partial charge in [0.15, 0.2) is 0 Å². The number of rotatable bonds is 6. The molecule has 1 amide bonds. The van der Waals surface area contributed by atoms with Gasteiger partial charge in [-0.25, -0.2) is 0 Å². The number of hydrogen-bond donors (Lipinski definition) is 2. The second-order valence-electron chi connectivity index (χ2n) is 4.69. The third-order valence-electron chi connectivity index (χ3n) is 3.01. The van der Waals surface area contributed by atoms with Gasteiger partial charge in [-0.1, -0.05) is 43.7 Å². The van der Waals surface area contributed by atoms with Crippen LogP contribution in [0.25, 0.3) is 0 Å². The largest absolute Gasteiger partial charge is 0.354 e. The molecule has 0 bridgehead atoms. The van der Waals surface area contributed by atoms with E-state index in [4.69, 9.17) is 0 Å². The van der Waals surface area contributed by atoms with Crippen molar-refractivity contribution in [3.8, 4) is 0 Å². The van der Waals surface area contributed by atoms with Crippen molar-refractivity contribution in [1.82, 2.24) is 0 Å². The number of benzene rings is 2. The fraction of sp³-hybridized carbons (Fsp3) is 0.235. The summed E-state index contributed by atoms with van der Waals surface area (Å²) in [6.45, 7) is 2.08. The van der Waals surface area contributed by atoms with E-state index in [0.29, 0.717) is 6.42 Å². The normalized spacial score (nSPS) is 10.1. The molecule has 0 aliphatic heterocycles. The van der Waals surface area contributed by atoms with E-state index in [1.807, 2.05) is 54.6 Å². The molecule has 0 spiro atoms. The first-order valence-electron chi connectivity index (χ1n) is 7.00. The Balaban J connectivity index is 2.08. The van der Waals surface area contributed by atoms with Crippen molar-refractivity contribution in [2.45, 2.75) is 26.2 Å². The van der Waals surface area contributed by atoms with Crippen molar-refractivity contribution in [3.63, 3.8) is 0 Å². The van der Waals surface area contributed by atoms with Gasteiger partial charge >= 0.3 is 0 Å². The summed E-state index contributed by atoms with van der Waals surface area (Å²) in [5.74, 6) is 0.0640. The Morgan fingerprint density at radius 2 is 1.60 bits per heavy atom. The minimum absolute atomic E-state index is 0.0640. The van der Waals surface area contributed by atoms with Crippen LogP contribution in [0.4, 0.5) is 17.1 Å². The molecule has 3 nitrogen and oxygen atoms in total. The van der Waals surface area contributed by atoms with Crippen LogP contribution in [0.15, 0.2) is 54.6 Å². The fourth-order valence-corrected chi connectivity index (χ4v) is 1.93. The molecule has 2 N–H and O–H groups in total. The van der Waals surface area contributed by atoms with Crippen LogP contribution in [-0.2, 0) is 4.79 Å². The smallest absolute Gasteiger partial charge is 0.224 e. The van der Waals surface area contributed by atoms with Crippen LogP contribution in [0.3, 0.4) is 0 Å². The van der Waals surface area contributed by atoms with Gasteiger partial charge in [-0.2, -0.15) is 0 Å². The van der Waals surface area contributed by atoms with Gasteiger partial charge in [0.05, 0.1) is 11.4 Å². The van der Waals surface area contributed by atoms with Crippen molar-refractivity contribution >= 4 is 23.0 Å². The van der Waals surface area contributed by atoms with Gasteiger partial charge < -0.3 is 10.6 Å². The maximum Gasteiger partial charge on any atom is 0.224 e. The predicted octanol–water partition coefficient (Wildman–Crippen LogP) is 4.56. The van der Waals surface area contributed by atoms with Gasteiger partial charge in [-0.05, 0) is 30.7 Å². The number of carbonyl (C=O) groups is 1. The van der Waals surface area contributed by atoms with Crippen molar-refractivity contribution in [2.24, 2.45) is 0 Å². The van der Waals surface area contributed by atoms with Crippen LogP contribution in [0.1, 0.15) is 26.2 Å². The molecule has 104 valence electrons. The third kappa shape index (κ3) is 4.12. The number of para-hydroxylation sites is 3. The van der Waals surface area contributed by atoms with E-state index in [1.54, 1.807) is 0 Å². The minimum Gasteiger partial charge on any atom is -0.354 e. The van der Waals surface area contributed by atoms with E-state index >= 15 is 0 Å². The predicted molar refractivity (Wildman–Crippen MR) is 84.3 cm³/mol. The summed E-state index contributed by atoms with van der Waals surface area (Å²) >= 11 is 0. The Kier molecular flexibility index (Phi) is 5.18. The van der Waals surface area contributed by atoms with E-state index in [-0.39, 0.29) is 5.91 Å². The molecule has 2 aromatic rings. The van der Waals surface area contributed by atoms with Crippen molar-refractivity contribution in [1.29, 1.82) is 0 Å². The van der Waals surface area contributed by atoms with Crippen LogP contribution in [0, 0.1) is 0 Å². The lowest BCUT2D eigenvalue weighted by molar-refractivity contribution is -0.116. The molecule has 20 heavy (non-hydrogen) atoms. The number of nitrogens with one attached hydrogen (secondary N) is 2. The second-order valence-corrected chi connectivity index (χ2v) is 4.69. The highest BCUT2D eigenvalue weighted by Gasteiger charge is 2.06. The molecule has 0 saturated heterocycles. The summed E-state index contributed by atoms with van der Waals surface area (Å²) in [6, 6.07) is 17.7. The van der Waals surface area contributed by atoms with Gasteiger partial charge in [0, 0.05) is 12.1 Å². The summed E-state index contributed by atoms with van der Waals surface area (Å²) in [5, 5.41) is 6.28. The second kappa shape index (κ2) is 7.34. The topological polar surface area (TPSA) is 41.1 Å². The summed E-state index contributed by atoms with van der Waals surface area (Å²) < 4.78 is 0. The molecule has 0 aliphatic carbocycles. The summed E-state index contributed by atoms with van der Waals surface area (Å²) in [6.07, 6.45) is 2.51. The van der Waals surface area contributed by atoms with Gasteiger partial charge in [0.25, 0.3) is 0 Å². The molecule has 0 fully saturated rings.